The summed E-state index contributed by atoms with van der Waals surface area (Å²) in [6.07, 6.45) is 3.89. The minimum Gasteiger partial charge on any atom is -0.362 e. The molecule has 0 aliphatic rings. The van der Waals surface area contributed by atoms with E-state index in [2.05, 4.69) is 20.6 Å². The summed E-state index contributed by atoms with van der Waals surface area (Å²) in [6, 6.07) is 8.55. The second-order valence-corrected chi connectivity index (χ2v) is 4.49. The molecule has 0 saturated carbocycles. The van der Waals surface area contributed by atoms with Gasteiger partial charge < -0.3 is 10.6 Å². The summed E-state index contributed by atoms with van der Waals surface area (Å²) in [5, 5.41) is 16.8. The molecule has 0 atom stereocenters. The molecule has 7 nitrogen and oxygen atoms in total. The largest absolute Gasteiger partial charge is 0.362 e. The third-order valence-electron chi connectivity index (χ3n) is 2.61. The maximum absolute atomic E-state index is 10.9. The van der Waals surface area contributed by atoms with Crippen LogP contribution in [-0.2, 0) is 6.42 Å². The molecule has 8 heteroatoms. The number of aromatic nitrogens is 2. The zero-order valence-electron chi connectivity index (χ0n) is 11.0. The lowest BCUT2D eigenvalue weighted by molar-refractivity contribution is -0.384. The number of nitrogens with zero attached hydrogens (tertiary/aromatic N) is 3. The Morgan fingerprint density at radius 1 is 1.24 bits per heavy atom. The molecule has 2 aromatic rings. The third kappa shape index (κ3) is 4.46. The first-order valence-corrected chi connectivity index (χ1v) is 6.62. The molecule has 2 heterocycles. The van der Waals surface area contributed by atoms with E-state index < -0.39 is 4.92 Å². The van der Waals surface area contributed by atoms with Gasteiger partial charge in [-0.2, -0.15) is 0 Å². The Balaban J connectivity index is 1.86. The van der Waals surface area contributed by atoms with Crippen molar-refractivity contribution in [1.82, 2.24) is 15.3 Å². The van der Waals surface area contributed by atoms with Crippen LogP contribution >= 0.6 is 12.2 Å². The Labute approximate surface area is 126 Å². The molecule has 0 bridgehead atoms. The van der Waals surface area contributed by atoms with E-state index in [1.165, 1.54) is 18.3 Å². The molecule has 0 unspecified atom stereocenters. The van der Waals surface area contributed by atoms with Gasteiger partial charge in [0.15, 0.2) is 5.11 Å². The molecule has 0 aromatic carbocycles. The summed E-state index contributed by atoms with van der Waals surface area (Å²) < 4.78 is 0. The van der Waals surface area contributed by atoms with Crippen molar-refractivity contribution in [3.63, 3.8) is 0 Å². The van der Waals surface area contributed by atoms with Gasteiger partial charge in [0.25, 0.3) is 0 Å². The highest BCUT2D eigenvalue weighted by Gasteiger charge is 2.14. The summed E-state index contributed by atoms with van der Waals surface area (Å²) in [7, 11) is 0. The fourth-order valence-corrected chi connectivity index (χ4v) is 1.84. The Morgan fingerprint density at radius 2 is 2.05 bits per heavy atom. The first-order chi connectivity index (χ1) is 10.2. The number of rotatable bonds is 5. The molecule has 0 radical (unpaired) electrons. The van der Waals surface area contributed by atoms with Crippen LogP contribution in [0.15, 0.2) is 42.7 Å². The van der Waals surface area contributed by atoms with Gasteiger partial charge >= 0.3 is 5.69 Å². The zero-order chi connectivity index (χ0) is 15.1. The Kier molecular flexibility index (Phi) is 5.10. The topological polar surface area (TPSA) is 93.0 Å². The van der Waals surface area contributed by atoms with Gasteiger partial charge in [-0.3, -0.25) is 15.1 Å². The quantitative estimate of drug-likeness (QED) is 0.495. The molecule has 0 fully saturated rings. The van der Waals surface area contributed by atoms with E-state index in [1.54, 1.807) is 6.20 Å². The van der Waals surface area contributed by atoms with Gasteiger partial charge in [-0.25, -0.2) is 4.98 Å². The smallest absolute Gasteiger partial charge is 0.311 e. The summed E-state index contributed by atoms with van der Waals surface area (Å²) >= 11 is 5.09. The fourth-order valence-electron chi connectivity index (χ4n) is 1.64. The van der Waals surface area contributed by atoms with Crippen LogP contribution in [0.1, 0.15) is 5.69 Å². The van der Waals surface area contributed by atoms with E-state index in [4.69, 9.17) is 12.2 Å². The average molecular weight is 303 g/mol. The number of thiocarbonyl (C=S) groups is 1. The Bertz CT molecular complexity index is 635. The SMILES string of the molecule is O=[N+]([O-])c1cccnc1NC(=S)NCCc1ccccn1. The summed E-state index contributed by atoms with van der Waals surface area (Å²) in [5.41, 5.74) is 0.822. The maximum Gasteiger partial charge on any atom is 0.311 e. The second-order valence-electron chi connectivity index (χ2n) is 4.08. The lowest BCUT2D eigenvalue weighted by Crippen LogP contribution is -2.30. The summed E-state index contributed by atoms with van der Waals surface area (Å²) in [4.78, 5) is 18.5. The zero-order valence-corrected chi connectivity index (χ0v) is 11.8. The van der Waals surface area contributed by atoms with Crippen molar-refractivity contribution < 1.29 is 4.92 Å². The van der Waals surface area contributed by atoms with Crippen LogP contribution in [0.4, 0.5) is 11.5 Å². The van der Waals surface area contributed by atoms with Crippen LogP contribution in [0.2, 0.25) is 0 Å². The average Bonchev–Trinajstić information content (AvgIpc) is 2.48. The molecule has 21 heavy (non-hydrogen) atoms. The molecule has 2 rings (SSSR count). The van der Waals surface area contributed by atoms with Crippen molar-refractivity contribution in [2.75, 3.05) is 11.9 Å². The number of nitro groups is 1. The lowest BCUT2D eigenvalue weighted by atomic mass is 10.3. The summed E-state index contributed by atoms with van der Waals surface area (Å²) in [6.45, 7) is 0.573. The molecule has 0 saturated heterocycles. The van der Waals surface area contributed by atoms with Gasteiger partial charge in [-0.15, -0.1) is 0 Å². The van der Waals surface area contributed by atoms with E-state index in [0.29, 0.717) is 13.0 Å². The van der Waals surface area contributed by atoms with Gasteiger partial charge in [0.1, 0.15) is 0 Å². The van der Waals surface area contributed by atoms with Crippen molar-refractivity contribution in [2.45, 2.75) is 6.42 Å². The van der Waals surface area contributed by atoms with Crippen LogP contribution in [0.25, 0.3) is 0 Å². The van der Waals surface area contributed by atoms with Gasteiger partial charge in [0, 0.05) is 37.1 Å². The minimum absolute atomic E-state index is 0.119. The van der Waals surface area contributed by atoms with Gasteiger partial charge in [0.2, 0.25) is 5.82 Å². The van der Waals surface area contributed by atoms with E-state index >= 15 is 0 Å². The highest BCUT2D eigenvalue weighted by molar-refractivity contribution is 7.80. The van der Waals surface area contributed by atoms with Gasteiger partial charge in [-0.1, -0.05) is 6.07 Å². The third-order valence-corrected chi connectivity index (χ3v) is 2.85. The molecule has 2 aromatic heterocycles. The van der Waals surface area contributed by atoms with Gasteiger partial charge in [-0.05, 0) is 30.4 Å². The second kappa shape index (κ2) is 7.25. The standard InChI is InChI=1S/C13H13N5O2S/c19-18(20)11-5-3-8-15-12(11)17-13(21)16-9-6-10-4-1-2-7-14-10/h1-5,7-8H,6,9H2,(H2,15,16,17,21). The molecular weight excluding hydrogens is 290 g/mol. The first-order valence-electron chi connectivity index (χ1n) is 6.21. The lowest BCUT2D eigenvalue weighted by Gasteiger charge is -2.09. The number of hydrogen-bond donors (Lipinski definition) is 2. The van der Waals surface area contributed by atoms with Gasteiger partial charge in [0.05, 0.1) is 4.92 Å². The number of pyridine rings is 2. The minimum atomic E-state index is -0.508. The highest BCUT2D eigenvalue weighted by Crippen LogP contribution is 2.19. The predicted octanol–water partition coefficient (Wildman–Crippen LogP) is 1.91. The highest BCUT2D eigenvalue weighted by atomic mass is 32.1. The number of nitrogens with one attached hydrogen (secondary N) is 2. The van der Waals surface area contributed by atoms with Crippen molar-refractivity contribution in [1.29, 1.82) is 0 Å². The van der Waals surface area contributed by atoms with Crippen LogP contribution in [0.3, 0.4) is 0 Å². The van der Waals surface area contributed by atoms with E-state index in [-0.39, 0.29) is 16.6 Å². The summed E-state index contributed by atoms with van der Waals surface area (Å²) in [5.74, 6) is 0.123. The monoisotopic (exact) mass is 303 g/mol. The van der Waals surface area contributed by atoms with Crippen molar-refractivity contribution in [3.8, 4) is 0 Å². The molecular formula is C13H13N5O2S. The van der Waals surface area contributed by atoms with Crippen molar-refractivity contribution >= 4 is 28.8 Å². The van der Waals surface area contributed by atoms with Crippen LogP contribution < -0.4 is 10.6 Å². The normalized spacial score (nSPS) is 9.90. The van der Waals surface area contributed by atoms with Crippen LogP contribution in [-0.4, -0.2) is 26.5 Å². The van der Waals surface area contributed by atoms with E-state index in [1.807, 2.05) is 18.2 Å². The fraction of sp³-hybridized carbons (Fsp3) is 0.154. The van der Waals surface area contributed by atoms with E-state index in [9.17, 15) is 10.1 Å². The van der Waals surface area contributed by atoms with Crippen molar-refractivity contribution in [2.24, 2.45) is 0 Å². The van der Waals surface area contributed by atoms with E-state index in [0.717, 1.165) is 5.69 Å². The van der Waals surface area contributed by atoms with Crippen molar-refractivity contribution in [3.05, 3.63) is 58.5 Å². The first kappa shape index (κ1) is 14.8. The molecule has 2 N–H and O–H groups in total. The Morgan fingerprint density at radius 3 is 2.76 bits per heavy atom. The number of hydrogen-bond acceptors (Lipinski definition) is 5. The molecule has 0 spiro atoms. The molecule has 108 valence electrons. The number of anilines is 1. The predicted molar refractivity (Wildman–Crippen MR) is 83.1 cm³/mol. The van der Waals surface area contributed by atoms with Crippen LogP contribution in [0, 0.1) is 10.1 Å². The molecule has 0 amide bonds. The maximum atomic E-state index is 10.9. The molecule has 0 aliphatic carbocycles. The molecule has 0 aliphatic heterocycles. The Hall–Kier alpha value is -2.61. The van der Waals surface area contributed by atoms with Crippen LogP contribution in [0.5, 0.6) is 0 Å².